The van der Waals surface area contributed by atoms with Crippen molar-refractivity contribution in [1.82, 2.24) is 0 Å². The summed E-state index contributed by atoms with van der Waals surface area (Å²) in [6.07, 6.45) is -0.663. The number of aliphatic hydroxyl groups is 1. The molecule has 0 aliphatic heterocycles. The second kappa shape index (κ2) is 4.92. The van der Waals surface area contributed by atoms with Crippen molar-refractivity contribution in [2.75, 3.05) is 0 Å². The molecule has 2 aromatic rings. The van der Waals surface area contributed by atoms with Gasteiger partial charge in [0.2, 0.25) is 0 Å². The van der Waals surface area contributed by atoms with E-state index in [4.69, 9.17) is 5.73 Å². The van der Waals surface area contributed by atoms with Crippen LogP contribution in [0.4, 0.5) is 0 Å². The van der Waals surface area contributed by atoms with E-state index in [9.17, 15) is 5.11 Å². The quantitative estimate of drug-likeness (QED) is 0.822. The molecule has 0 aliphatic rings. The summed E-state index contributed by atoms with van der Waals surface area (Å²) in [4.78, 5) is 0. The van der Waals surface area contributed by atoms with Gasteiger partial charge in [0.15, 0.2) is 0 Å². The Balaban J connectivity index is 2.20. The highest BCUT2D eigenvalue weighted by atomic mass is 16.3. The van der Waals surface area contributed by atoms with Gasteiger partial charge in [0.1, 0.15) is 0 Å². The molecular formula is C14H15NO. The predicted octanol–water partition coefficient (Wildman–Crippen LogP) is 2.42. The zero-order chi connectivity index (χ0) is 11.4. The molecule has 0 radical (unpaired) electrons. The minimum absolute atomic E-state index is 0.386. The van der Waals surface area contributed by atoms with E-state index in [1.807, 2.05) is 60.7 Å². The van der Waals surface area contributed by atoms with Crippen LogP contribution in [-0.4, -0.2) is 5.11 Å². The highest BCUT2D eigenvalue weighted by molar-refractivity contribution is 5.25. The lowest BCUT2D eigenvalue weighted by molar-refractivity contribution is 0.147. The average molecular weight is 213 g/mol. The fraction of sp³-hybridized carbons (Fsp3) is 0.143. The minimum Gasteiger partial charge on any atom is -0.386 e. The van der Waals surface area contributed by atoms with Crippen LogP contribution in [-0.2, 0) is 0 Å². The summed E-state index contributed by atoms with van der Waals surface area (Å²) in [6.45, 7) is 0. The Morgan fingerprint density at radius 3 is 1.69 bits per heavy atom. The number of nitrogens with two attached hydrogens (primary N) is 1. The van der Waals surface area contributed by atoms with Crippen LogP contribution in [0.5, 0.6) is 0 Å². The van der Waals surface area contributed by atoms with E-state index in [2.05, 4.69) is 0 Å². The van der Waals surface area contributed by atoms with Crippen molar-refractivity contribution in [2.45, 2.75) is 12.1 Å². The summed E-state index contributed by atoms with van der Waals surface area (Å²) in [5, 5.41) is 10.1. The van der Waals surface area contributed by atoms with Crippen LogP contribution < -0.4 is 5.73 Å². The molecule has 0 bridgehead atoms. The van der Waals surface area contributed by atoms with E-state index in [-0.39, 0.29) is 6.04 Å². The summed E-state index contributed by atoms with van der Waals surface area (Å²) < 4.78 is 0. The zero-order valence-electron chi connectivity index (χ0n) is 8.95. The Morgan fingerprint density at radius 2 is 1.19 bits per heavy atom. The Bertz CT molecular complexity index is 384. The van der Waals surface area contributed by atoms with Gasteiger partial charge >= 0.3 is 0 Å². The third kappa shape index (κ3) is 2.30. The SMILES string of the molecule is N[C@H](c1ccccc1)[C@H](O)c1ccccc1. The van der Waals surface area contributed by atoms with Gasteiger partial charge in [0.25, 0.3) is 0 Å². The lowest BCUT2D eigenvalue weighted by Gasteiger charge is -2.19. The monoisotopic (exact) mass is 213 g/mol. The first-order valence-corrected chi connectivity index (χ1v) is 5.32. The van der Waals surface area contributed by atoms with Gasteiger partial charge in [-0.05, 0) is 11.1 Å². The van der Waals surface area contributed by atoms with Crippen molar-refractivity contribution in [3.63, 3.8) is 0 Å². The van der Waals surface area contributed by atoms with Gasteiger partial charge < -0.3 is 10.8 Å². The van der Waals surface area contributed by atoms with Crippen LogP contribution in [0.2, 0.25) is 0 Å². The van der Waals surface area contributed by atoms with Gasteiger partial charge in [-0.1, -0.05) is 60.7 Å². The molecule has 3 N–H and O–H groups in total. The maximum Gasteiger partial charge on any atom is 0.0982 e. The molecule has 0 spiro atoms. The number of hydrogen-bond donors (Lipinski definition) is 2. The highest BCUT2D eigenvalue weighted by Crippen LogP contribution is 2.25. The Hall–Kier alpha value is -1.64. The lowest BCUT2D eigenvalue weighted by Crippen LogP contribution is -2.19. The van der Waals surface area contributed by atoms with E-state index < -0.39 is 6.10 Å². The first kappa shape index (κ1) is 10.9. The zero-order valence-corrected chi connectivity index (χ0v) is 8.95. The second-order valence-electron chi connectivity index (χ2n) is 3.79. The van der Waals surface area contributed by atoms with E-state index in [1.165, 1.54) is 0 Å². The van der Waals surface area contributed by atoms with Crippen LogP contribution >= 0.6 is 0 Å². The molecular weight excluding hydrogens is 198 g/mol. The van der Waals surface area contributed by atoms with Crippen molar-refractivity contribution in [3.8, 4) is 0 Å². The summed E-state index contributed by atoms with van der Waals surface area (Å²) >= 11 is 0. The summed E-state index contributed by atoms with van der Waals surface area (Å²) in [7, 11) is 0. The van der Waals surface area contributed by atoms with Gasteiger partial charge in [0.05, 0.1) is 12.1 Å². The van der Waals surface area contributed by atoms with Crippen molar-refractivity contribution >= 4 is 0 Å². The van der Waals surface area contributed by atoms with Gasteiger partial charge in [-0.2, -0.15) is 0 Å². The molecule has 0 heterocycles. The van der Waals surface area contributed by atoms with Crippen molar-refractivity contribution in [3.05, 3.63) is 71.8 Å². The normalized spacial score (nSPS) is 14.4. The van der Waals surface area contributed by atoms with Crippen LogP contribution in [0, 0.1) is 0 Å². The van der Waals surface area contributed by atoms with E-state index in [0.717, 1.165) is 11.1 Å². The first-order valence-electron chi connectivity index (χ1n) is 5.32. The molecule has 16 heavy (non-hydrogen) atoms. The van der Waals surface area contributed by atoms with Crippen LogP contribution in [0.25, 0.3) is 0 Å². The molecule has 0 aromatic heterocycles. The molecule has 82 valence electrons. The van der Waals surface area contributed by atoms with Gasteiger partial charge in [-0.15, -0.1) is 0 Å². The van der Waals surface area contributed by atoms with Gasteiger partial charge in [-0.25, -0.2) is 0 Å². The van der Waals surface area contributed by atoms with Crippen molar-refractivity contribution in [2.24, 2.45) is 5.73 Å². The molecule has 2 aromatic carbocycles. The summed E-state index contributed by atoms with van der Waals surface area (Å²) in [6, 6.07) is 18.7. The summed E-state index contributed by atoms with van der Waals surface area (Å²) in [5.74, 6) is 0. The molecule has 0 fully saturated rings. The molecule has 0 saturated carbocycles. The Labute approximate surface area is 95.4 Å². The number of hydrogen-bond acceptors (Lipinski definition) is 2. The second-order valence-corrected chi connectivity index (χ2v) is 3.79. The Kier molecular flexibility index (Phi) is 3.34. The van der Waals surface area contributed by atoms with Gasteiger partial charge in [0, 0.05) is 0 Å². The van der Waals surface area contributed by atoms with Crippen LogP contribution in [0.1, 0.15) is 23.3 Å². The molecule has 0 unspecified atom stereocenters. The molecule has 2 atom stereocenters. The Morgan fingerprint density at radius 1 is 0.750 bits per heavy atom. The fourth-order valence-corrected chi connectivity index (χ4v) is 1.72. The molecule has 2 heteroatoms. The topological polar surface area (TPSA) is 46.2 Å². The summed E-state index contributed by atoms with van der Waals surface area (Å²) in [5.41, 5.74) is 7.81. The minimum atomic E-state index is -0.663. The lowest BCUT2D eigenvalue weighted by atomic mass is 9.97. The largest absolute Gasteiger partial charge is 0.386 e. The van der Waals surface area contributed by atoms with Crippen molar-refractivity contribution in [1.29, 1.82) is 0 Å². The van der Waals surface area contributed by atoms with E-state index in [1.54, 1.807) is 0 Å². The standard InChI is InChI=1S/C14H15NO/c15-13(11-7-3-1-4-8-11)14(16)12-9-5-2-6-10-12/h1-10,13-14,16H,15H2/t13-,14-/m1/s1. The first-order chi connectivity index (χ1) is 7.79. The van der Waals surface area contributed by atoms with Crippen LogP contribution in [0.3, 0.4) is 0 Å². The smallest absolute Gasteiger partial charge is 0.0982 e. The molecule has 0 saturated heterocycles. The molecule has 0 aliphatic carbocycles. The van der Waals surface area contributed by atoms with E-state index >= 15 is 0 Å². The van der Waals surface area contributed by atoms with Crippen LogP contribution in [0.15, 0.2) is 60.7 Å². The third-order valence-electron chi connectivity index (χ3n) is 2.67. The average Bonchev–Trinajstić information content (AvgIpc) is 2.39. The van der Waals surface area contributed by atoms with Gasteiger partial charge in [-0.3, -0.25) is 0 Å². The predicted molar refractivity (Wildman–Crippen MR) is 64.8 cm³/mol. The third-order valence-corrected chi connectivity index (χ3v) is 2.67. The fourth-order valence-electron chi connectivity index (χ4n) is 1.72. The maximum absolute atomic E-state index is 10.1. The highest BCUT2D eigenvalue weighted by Gasteiger charge is 2.17. The molecule has 2 rings (SSSR count). The number of benzene rings is 2. The van der Waals surface area contributed by atoms with Crippen molar-refractivity contribution < 1.29 is 5.11 Å². The maximum atomic E-state index is 10.1. The van der Waals surface area contributed by atoms with E-state index in [0.29, 0.717) is 0 Å². The number of aliphatic hydroxyl groups excluding tert-OH is 1. The molecule has 0 amide bonds. The number of rotatable bonds is 3. The molecule has 2 nitrogen and oxygen atoms in total.